The van der Waals surface area contributed by atoms with Gasteiger partial charge in [-0.2, -0.15) is 39.5 Å². The highest BCUT2D eigenvalue weighted by atomic mass is 19.4. The third-order valence-electron chi connectivity index (χ3n) is 4.94. The number of alkyl halides is 9. The monoisotopic (exact) mass is 741 g/mol. The van der Waals surface area contributed by atoms with Gasteiger partial charge in [0.2, 0.25) is 0 Å². The lowest BCUT2D eigenvalue weighted by atomic mass is 10.1. The SMILES string of the molecule is CC(N)CCNCCCCNC(=O)C(=O)NCCCCCCCCN=CNN.O=C(O)C(F)(F)F.O=C(O)C(F)(F)F.O=C(O)C(F)(F)F. The molecule has 0 rings (SSSR count). The Hall–Kier alpha value is -3.93. The number of halogens is 9. The highest BCUT2D eigenvalue weighted by Crippen LogP contribution is 2.14. The molecule has 0 fully saturated rings. The fraction of sp³-hybridized carbons (Fsp3) is 0.760. The number of aliphatic imine (C=N–C) groups is 1. The highest BCUT2D eigenvalue weighted by Gasteiger charge is 2.39. The number of aliphatic carboxylic acids is 3. The van der Waals surface area contributed by atoms with Crippen LogP contribution in [-0.2, 0) is 24.0 Å². The zero-order chi connectivity index (χ0) is 39.1. The molecule has 0 heterocycles. The summed E-state index contributed by atoms with van der Waals surface area (Å²) in [6, 6.07) is 0.218. The molecule has 49 heavy (non-hydrogen) atoms. The number of amides is 2. The summed E-state index contributed by atoms with van der Waals surface area (Å²) in [6.07, 6.45) is -4.59. The van der Waals surface area contributed by atoms with Crippen molar-refractivity contribution < 1.29 is 78.8 Å². The van der Waals surface area contributed by atoms with Gasteiger partial charge in [-0.3, -0.25) is 14.6 Å². The van der Waals surface area contributed by atoms with Crippen molar-refractivity contribution in [3.63, 3.8) is 0 Å². The zero-order valence-corrected chi connectivity index (χ0v) is 26.4. The fourth-order valence-corrected chi connectivity index (χ4v) is 2.55. The number of rotatable bonds is 18. The van der Waals surface area contributed by atoms with Crippen LogP contribution in [0.4, 0.5) is 39.5 Å². The molecule has 11 N–H and O–H groups in total. The molecule has 2 amide bonds. The third-order valence-corrected chi connectivity index (χ3v) is 4.94. The van der Waals surface area contributed by atoms with Gasteiger partial charge in [-0.1, -0.05) is 25.7 Å². The first kappa shape index (κ1) is 51.9. The van der Waals surface area contributed by atoms with Crippen LogP contribution in [0.3, 0.4) is 0 Å². The Labute approximate surface area is 275 Å². The molecule has 0 bridgehead atoms. The van der Waals surface area contributed by atoms with Gasteiger partial charge in [-0.05, 0) is 52.1 Å². The number of unbranched alkanes of at least 4 members (excludes halogenated alkanes) is 6. The molecule has 290 valence electrons. The molecule has 0 aliphatic heterocycles. The summed E-state index contributed by atoms with van der Waals surface area (Å²) in [7, 11) is 0. The predicted octanol–water partition coefficient (Wildman–Crippen LogP) is 2.06. The maximum atomic E-state index is 11.7. The minimum absolute atomic E-state index is 0.218. The summed E-state index contributed by atoms with van der Waals surface area (Å²) in [5.41, 5.74) is 8.05. The first-order valence-corrected chi connectivity index (χ1v) is 14.3. The normalized spacial score (nSPS) is 11.8. The van der Waals surface area contributed by atoms with Gasteiger partial charge in [-0.25, -0.2) is 20.2 Å². The van der Waals surface area contributed by atoms with Crippen LogP contribution in [0, 0.1) is 0 Å². The van der Waals surface area contributed by atoms with Crippen molar-refractivity contribution in [2.45, 2.75) is 89.3 Å². The molecule has 0 spiro atoms. The van der Waals surface area contributed by atoms with Crippen molar-refractivity contribution in [2.75, 3.05) is 32.7 Å². The zero-order valence-electron chi connectivity index (χ0n) is 26.4. The van der Waals surface area contributed by atoms with Crippen molar-refractivity contribution in [1.29, 1.82) is 0 Å². The molecule has 0 aromatic carbocycles. The van der Waals surface area contributed by atoms with Crippen LogP contribution < -0.4 is 33.0 Å². The van der Waals surface area contributed by atoms with E-state index >= 15 is 0 Å². The Bertz CT molecular complexity index is 894. The number of hydrogen-bond acceptors (Lipinski definition) is 9. The van der Waals surface area contributed by atoms with Gasteiger partial charge in [0.25, 0.3) is 0 Å². The second-order valence-electron chi connectivity index (χ2n) is 9.47. The van der Waals surface area contributed by atoms with Gasteiger partial charge in [0.15, 0.2) is 0 Å². The minimum Gasteiger partial charge on any atom is -0.475 e. The lowest BCUT2D eigenvalue weighted by molar-refractivity contribution is -0.193. The number of nitrogens with zero attached hydrogens (tertiary/aromatic N) is 1. The lowest BCUT2D eigenvalue weighted by Crippen LogP contribution is -2.40. The number of hydrazine groups is 1. The smallest absolute Gasteiger partial charge is 0.475 e. The number of nitrogens with two attached hydrogens (primary N) is 2. The molecule has 15 nitrogen and oxygen atoms in total. The predicted molar refractivity (Wildman–Crippen MR) is 156 cm³/mol. The largest absolute Gasteiger partial charge is 0.490 e. The van der Waals surface area contributed by atoms with Crippen molar-refractivity contribution in [2.24, 2.45) is 16.6 Å². The van der Waals surface area contributed by atoms with Gasteiger partial charge in [0.1, 0.15) is 0 Å². The Balaban J connectivity index is -0.000000386. The van der Waals surface area contributed by atoms with Gasteiger partial charge >= 0.3 is 48.3 Å². The maximum Gasteiger partial charge on any atom is 0.490 e. The topological polar surface area (TPSA) is 259 Å². The Morgan fingerprint density at radius 1 is 0.633 bits per heavy atom. The van der Waals surface area contributed by atoms with Crippen molar-refractivity contribution >= 4 is 36.1 Å². The highest BCUT2D eigenvalue weighted by molar-refractivity contribution is 6.35. The first-order valence-electron chi connectivity index (χ1n) is 14.3. The van der Waals surface area contributed by atoms with Gasteiger partial charge in [-0.15, -0.1) is 0 Å². The van der Waals surface area contributed by atoms with E-state index in [0.29, 0.717) is 13.1 Å². The van der Waals surface area contributed by atoms with Crippen LogP contribution in [0.5, 0.6) is 0 Å². The van der Waals surface area contributed by atoms with E-state index in [2.05, 4.69) is 26.4 Å². The molecule has 0 aliphatic rings. The van der Waals surface area contributed by atoms with E-state index in [0.717, 1.165) is 77.4 Å². The number of carboxylic acid groups (broad SMARTS) is 3. The van der Waals surface area contributed by atoms with Gasteiger partial charge in [0, 0.05) is 25.7 Å². The third kappa shape index (κ3) is 44.1. The fourth-order valence-electron chi connectivity index (χ4n) is 2.55. The molecular formula is C25H44F9N7O8. The van der Waals surface area contributed by atoms with E-state index in [1.54, 1.807) is 0 Å². The van der Waals surface area contributed by atoms with E-state index in [1.165, 1.54) is 6.34 Å². The minimum atomic E-state index is -5.08. The number of carbonyl (C=O) groups is 5. The molecule has 0 aromatic heterocycles. The van der Waals surface area contributed by atoms with Crippen molar-refractivity contribution in [3.8, 4) is 0 Å². The summed E-state index contributed by atoms with van der Waals surface area (Å²) in [4.78, 5) is 54.1. The average Bonchev–Trinajstić information content (AvgIpc) is 2.96. The molecule has 24 heteroatoms. The molecule has 0 saturated carbocycles. The van der Waals surface area contributed by atoms with Crippen LogP contribution in [0.1, 0.15) is 64.7 Å². The number of carbonyl (C=O) groups excluding carboxylic acids is 2. The van der Waals surface area contributed by atoms with E-state index in [1.807, 2.05) is 6.92 Å². The lowest BCUT2D eigenvalue weighted by Gasteiger charge is -2.08. The van der Waals surface area contributed by atoms with E-state index < -0.39 is 48.3 Å². The Kier molecular flexibility index (Phi) is 31.9. The van der Waals surface area contributed by atoms with Crippen molar-refractivity contribution in [1.82, 2.24) is 21.4 Å². The Morgan fingerprint density at radius 3 is 1.31 bits per heavy atom. The van der Waals surface area contributed by atoms with E-state index in [-0.39, 0.29) is 6.04 Å². The van der Waals surface area contributed by atoms with Crippen LogP contribution in [0.25, 0.3) is 0 Å². The summed E-state index contributed by atoms with van der Waals surface area (Å²) >= 11 is 0. The summed E-state index contributed by atoms with van der Waals surface area (Å²) in [6.45, 7) is 5.65. The molecule has 0 aromatic rings. The van der Waals surface area contributed by atoms with E-state index in [4.69, 9.17) is 41.3 Å². The average molecular weight is 742 g/mol. The summed E-state index contributed by atoms with van der Waals surface area (Å²) in [5.74, 6) is -4.28. The number of nitrogens with one attached hydrogen (secondary N) is 4. The maximum absolute atomic E-state index is 11.7. The second-order valence-corrected chi connectivity index (χ2v) is 9.47. The van der Waals surface area contributed by atoms with Gasteiger partial charge < -0.3 is 42.4 Å². The van der Waals surface area contributed by atoms with Crippen LogP contribution in [0.2, 0.25) is 0 Å². The molecule has 1 unspecified atom stereocenters. The second kappa shape index (κ2) is 30.2. The first-order chi connectivity index (χ1) is 22.4. The van der Waals surface area contributed by atoms with Crippen LogP contribution in [-0.4, -0.2) is 109 Å². The standard InChI is InChI=1S/C19H41N7O2.3C2HF3O2/c1-17(20)10-15-22-11-8-9-14-25-19(28)18(27)24-13-7-5-3-2-4-6-12-23-16-26-21;3*3-2(4,5)1(6)7/h16-17,22H,2-15,20-21H2,1H3,(H,23,26)(H,24,27)(H,25,28);3*(H,6,7). The number of hydrogen-bond donors (Lipinski definition) is 9. The molecule has 0 radical (unpaired) electrons. The molecule has 1 atom stereocenters. The Morgan fingerprint density at radius 2 is 0.959 bits per heavy atom. The van der Waals surface area contributed by atoms with Crippen molar-refractivity contribution in [3.05, 3.63) is 0 Å². The van der Waals surface area contributed by atoms with Crippen LogP contribution in [0.15, 0.2) is 4.99 Å². The number of carboxylic acids is 3. The quantitative estimate of drug-likeness (QED) is 0.0186. The van der Waals surface area contributed by atoms with E-state index in [9.17, 15) is 49.1 Å². The molecule has 0 aliphatic carbocycles. The molecular weight excluding hydrogens is 697 g/mol. The molecule has 0 saturated heterocycles. The summed E-state index contributed by atoms with van der Waals surface area (Å²) in [5, 5.41) is 30.0. The van der Waals surface area contributed by atoms with Gasteiger partial charge in [0.05, 0.1) is 6.34 Å². The summed E-state index contributed by atoms with van der Waals surface area (Å²) < 4.78 is 95.2. The van der Waals surface area contributed by atoms with Crippen LogP contribution >= 0.6 is 0 Å².